The number of hydrogen-bond acceptors (Lipinski definition) is 9. The Morgan fingerprint density at radius 3 is 2.53 bits per heavy atom. The van der Waals surface area contributed by atoms with Crippen LogP contribution in [0.4, 0.5) is 10.8 Å². The van der Waals surface area contributed by atoms with E-state index in [0.717, 1.165) is 31.1 Å². The van der Waals surface area contributed by atoms with Gasteiger partial charge in [0.1, 0.15) is 34.1 Å². The number of furan rings is 1. The zero-order valence-corrected chi connectivity index (χ0v) is 19.6. The highest BCUT2D eigenvalue weighted by molar-refractivity contribution is 7.22. The maximum atomic E-state index is 13.0. The van der Waals surface area contributed by atoms with Gasteiger partial charge in [0.15, 0.2) is 10.9 Å². The molecular formula is C23H23N5O5S. The van der Waals surface area contributed by atoms with Crippen molar-refractivity contribution in [2.75, 3.05) is 37.5 Å². The molecule has 1 aromatic carbocycles. The normalized spacial score (nSPS) is 13.4. The van der Waals surface area contributed by atoms with Crippen molar-refractivity contribution in [2.24, 2.45) is 0 Å². The summed E-state index contributed by atoms with van der Waals surface area (Å²) in [5.74, 6) is 1.15. The lowest BCUT2D eigenvalue weighted by Crippen LogP contribution is -2.29. The third-order valence-corrected chi connectivity index (χ3v) is 6.71. The van der Waals surface area contributed by atoms with Crippen LogP contribution in [0.3, 0.4) is 0 Å². The minimum Gasteiger partial charge on any atom is -0.497 e. The van der Waals surface area contributed by atoms with Crippen LogP contribution < -0.4 is 25.4 Å². The van der Waals surface area contributed by atoms with Crippen LogP contribution in [-0.2, 0) is 11.3 Å². The maximum absolute atomic E-state index is 13.0. The van der Waals surface area contributed by atoms with Crippen LogP contribution in [0.5, 0.6) is 11.5 Å². The predicted molar refractivity (Wildman–Crippen MR) is 129 cm³/mol. The molecule has 3 aromatic heterocycles. The van der Waals surface area contributed by atoms with Gasteiger partial charge >= 0.3 is 5.69 Å². The molecule has 34 heavy (non-hydrogen) atoms. The highest BCUT2D eigenvalue weighted by Crippen LogP contribution is 2.34. The maximum Gasteiger partial charge on any atom is 0.349 e. The first kappa shape index (κ1) is 22.0. The number of ether oxygens (including phenoxy) is 2. The summed E-state index contributed by atoms with van der Waals surface area (Å²) in [5.41, 5.74) is 0.861. The molecule has 10 nitrogen and oxygen atoms in total. The number of methoxy groups -OCH3 is 2. The number of anilines is 2. The van der Waals surface area contributed by atoms with Crippen LogP contribution in [0.1, 0.15) is 12.8 Å². The number of nitrogens with zero attached hydrogens (tertiary/aromatic N) is 4. The minimum atomic E-state index is -0.547. The smallest absolute Gasteiger partial charge is 0.349 e. The molecule has 0 spiro atoms. The summed E-state index contributed by atoms with van der Waals surface area (Å²) in [6, 6.07) is 8.53. The molecule has 1 fully saturated rings. The fraction of sp³-hybridized carbons (Fsp3) is 0.304. The number of carbonyl (C=O) groups excluding carboxylic acids is 1. The fourth-order valence-corrected chi connectivity index (χ4v) is 5.04. The summed E-state index contributed by atoms with van der Waals surface area (Å²) in [5, 5.41) is 3.61. The average molecular weight is 482 g/mol. The second-order valence-electron chi connectivity index (χ2n) is 7.80. The Hall–Kier alpha value is -3.86. The van der Waals surface area contributed by atoms with E-state index in [-0.39, 0.29) is 12.5 Å². The molecule has 0 atom stereocenters. The van der Waals surface area contributed by atoms with Gasteiger partial charge in [0, 0.05) is 37.0 Å². The van der Waals surface area contributed by atoms with Gasteiger partial charge in [-0.05, 0) is 25.0 Å². The van der Waals surface area contributed by atoms with Crippen molar-refractivity contribution >= 4 is 38.4 Å². The lowest BCUT2D eigenvalue weighted by atomic mass is 10.2. The van der Waals surface area contributed by atoms with E-state index in [0.29, 0.717) is 39.0 Å². The molecule has 0 saturated carbocycles. The van der Waals surface area contributed by atoms with Crippen LogP contribution in [0.15, 0.2) is 45.8 Å². The van der Waals surface area contributed by atoms with Crippen LogP contribution >= 0.6 is 11.3 Å². The summed E-state index contributed by atoms with van der Waals surface area (Å²) >= 11 is 1.38. The van der Waals surface area contributed by atoms with E-state index in [1.54, 1.807) is 30.3 Å². The molecule has 1 amide bonds. The van der Waals surface area contributed by atoms with Crippen LogP contribution in [-0.4, -0.2) is 47.8 Å². The van der Waals surface area contributed by atoms with E-state index in [4.69, 9.17) is 18.9 Å². The minimum absolute atomic E-state index is 0.220. The van der Waals surface area contributed by atoms with Crippen LogP contribution in [0.25, 0.3) is 21.8 Å². The number of hydrogen-bond donors (Lipinski definition) is 1. The number of benzene rings is 1. The molecule has 176 valence electrons. The monoisotopic (exact) mass is 481 g/mol. The average Bonchev–Trinajstić information content (AvgIpc) is 3.61. The number of carbonyl (C=O) groups is 1. The van der Waals surface area contributed by atoms with Gasteiger partial charge in [0.25, 0.3) is 0 Å². The Bertz CT molecular complexity index is 1370. The van der Waals surface area contributed by atoms with Crippen molar-refractivity contribution < 1.29 is 18.7 Å². The van der Waals surface area contributed by atoms with Gasteiger partial charge in [-0.1, -0.05) is 11.3 Å². The Labute approximate surface area is 198 Å². The quantitative estimate of drug-likeness (QED) is 0.428. The van der Waals surface area contributed by atoms with Gasteiger partial charge in [-0.3, -0.25) is 9.36 Å². The summed E-state index contributed by atoms with van der Waals surface area (Å²) in [7, 11) is 3.06. The zero-order valence-electron chi connectivity index (χ0n) is 18.7. The van der Waals surface area contributed by atoms with Crippen molar-refractivity contribution in [2.45, 2.75) is 19.4 Å². The van der Waals surface area contributed by atoms with Crippen molar-refractivity contribution in [1.29, 1.82) is 0 Å². The highest BCUT2D eigenvalue weighted by Gasteiger charge is 2.23. The molecule has 1 N–H and O–H groups in total. The highest BCUT2D eigenvalue weighted by atomic mass is 32.1. The summed E-state index contributed by atoms with van der Waals surface area (Å²) in [6.45, 7) is 1.60. The number of rotatable bonds is 7. The lowest BCUT2D eigenvalue weighted by molar-refractivity contribution is -0.116. The van der Waals surface area contributed by atoms with E-state index in [1.165, 1.54) is 36.4 Å². The van der Waals surface area contributed by atoms with Crippen molar-refractivity contribution in [3.63, 3.8) is 0 Å². The van der Waals surface area contributed by atoms with Crippen molar-refractivity contribution in [3.05, 3.63) is 47.1 Å². The number of nitrogens with one attached hydrogen (secondary N) is 1. The van der Waals surface area contributed by atoms with Gasteiger partial charge < -0.3 is 24.1 Å². The van der Waals surface area contributed by atoms with E-state index in [9.17, 15) is 9.59 Å². The number of fused-ring (bicyclic) bond motifs is 1. The number of thiazole rings is 1. The molecule has 0 bridgehead atoms. The van der Waals surface area contributed by atoms with Gasteiger partial charge in [-0.15, -0.1) is 0 Å². The third kappa shape index (κ3) is 4.21. The molecule has 5 rings (SSSR count). The molecule has 1 aliphatic rings. The Morgan fingerprint density at radius 1 is 1.15 bits per heavy atom. The van der Waals surface area contributed by atoms with E-state index in [2.05, 4.69) is 15.2 Å². The van der Waals surface area contributed by atoms with Gasteiger partial charge in [-0.25, -0.2) is 9.78 Å². The first-order valence-corrected chi connectivity index (χ1v) is 11.6. The third-order valence-electron chi connectivity index (χ3n) is 5.57. The molecule has 11 heteroatoms. The predicted octanol–water partition coefficient (Wildman–Crippen LogP) is 3.37. The first-order valence-electron chi connectivity index (χ1n) is 10.8. The standard InChI is InChI=1S/C23H23N5O5S/c1-31-15-10-14(11-16(12-15)32-2)24-18(29)13-28-21-20(26-23(34-21)27-7-3-4-8-27)19(25-22(28)30)17-6-5-9-33-17/h5-6,9-12H,3-4,7-8,13H2,1-2H3,(H,24,29). The first-order chi connectivity index (χ1) is 16.6. The van der Waals surface area contributed by atoms with Gasteiger partial charge in [-0.2, -0.15) is 4.98 Å². The lowest BCUT2D eigenvalue weighted by Gasteiger charge is -2.12. The topological polar surface area (TPSA) is 112 Å². The second-order valence-corrected chi connectivity index (χ2v) is 8.76. The number of aromatic nitrogens is 3. The van der Waals surface area contributed by atoms with E-state index in [1.807, 2.05) is 0 Å². The fourth-order valence-electron chi connectivity index (χ4n) is 3.93. The van der Waals surface area contributed by atoms with Gasteiger partial charge in [0.05, 0.1) is 20.5 Å². The van der Waals surface area contributed by atoms with Gasteiger partial charge in [0.2, 0.25) is 5.91 Å². The Morgan fingerprint density at radius 2 is 1.88 bits per heavy atom. The van der Waals surface area contributed by atoms with E-state index >= 15 is 0 Å². The van der Waals surface area contributed by atoms with Crippen LogP contribution in [0, 0.1) is 0 Å². The largest absolute Gasteiger partial charge is 0.497 e. The molecule has 1 saturated heterocycles. The molecule has 0 aliphatic carbocycles. The zero-order chi connectivity index (χ0) is 23.7. The molecule has 1 aliphatic heterocycles. The van der Waals surface area contributed by atoms with Crippen molar-refractivity contribution in [3.8, 4) is 23.0 Å². The molecular weight excluding hydrogens is 458 g/mol. The molecule has 0 radical (unpaired) electrons. The second kappa shape index (κ2) is 9.18. The summed E-state index contributed by atoms with van der Waals surface area (Å²) in [4.78, 5) is 37.7. The summed E-state index contributed by atoms with van der Waals surface area (Å²) in [6.07, 6.45) is 3.72. The van der Waals surface area contributed by atoms with Crippen molar-refractivity contribution in [1.82, 2.24) is 14.5 Å². The summed E-state index contributed by atoms with van der Waals surface area (Å²) < 4.78 is 17.4. The Kier molecular flexibility index (Phi) is 5.93. The van der Waals surface area contributed by atoms with Crippen LogP contribution in [0.2, 0.25) is 0 Å². The Balaban J connectivity index is 1.52. The van der Waals surface area contributed by atoms with E-state index < -0.39 is 5.69 Å². The molecule has 4 aromatic rings. The molecule has 4 heterocycles. The molecule has 0 unspecified atom stereocenters. The number of amides is 1. The SMILES string of the molecule is COc1cc(NC(=O)Cn2c(=O)nc(-c3ccco3)c3nc(N4CCCC4)sc32)cc(OC)c1.